The van der Waals surface area contributed by atoms with Gasteiger partial charge in [0.2, 0.25) is 5.69 Å². The van der Waals surface area contributed by atoms with Crippen molar-refractivity contribution in [2.45, 2.75) is 27.7 Å². The Balaban J connectivity index is 1.23. The lowest BCUT2D eigenvalue weighted by atomic mass is 10.0. The van der Waals surface area contributed by atoms with Crippen molar-refractivity contribution in [3.8, 4) is 28.8 Å². The molecule has 0 aliphatic heterocycles. The molecule has 0 atom stereocenters. The molecule has 11 aromatic carbocycles. The van der Waals surface area contributed by atoms with Crippen LogP contribution in [-0.4, -0.2) is 18.3 Å². The van der Waals surface area contributed by atoms with E-state index in [-0.39, 0.29) is 0 Å². The van der Waals surface area contributed by atoms with Crippen molar-refractivity contribution in [3.63, 3.8) is 0 Å². The van der Waals surface area contributed by atoms with Crippen molar-refractivity contribution in [1.82, 2.24) is 18.3 Å². The second kappa shape index (κ2) is 15.9. The summed E-state index contributed by atoms with van der Waals surface area (Å²) >= 11 is 0. The maximum atomic E-state index is 12.8. The van der Waals surface area contributed by atoms with Crippen LogP contribution in [0.15, 0.2) is 203 Å². The van der Waals surface area contributed by atoms with Crippen LogP contribution in [0.2, 0.25) is 0 Å². The molecule has 8 heteroatoms. The number of aryl methyl sites for hydroxylation is 4. The number of hydrogen-bond acceptors (Lipinski definition) is 3. The lowest BCUT2D eigenvalue weighted by Gasteiger charge is -2.27. The minimum atomic E-state index is 0.305. The Hall–Kier alpha value is -10.8. The molecule has 0 amide bonds. The summed E-state index contributed by atoms with van der Waals surface area (Å²) in [4.78, 5) is 4.85. The second-order valence-corrected chi connectivity index (χ2v) is 21.7. The second-order valence-electron chi connectivity index (χ2n) is 21.7. The highest BCUT2D eigenvalue weighted by atomic mass is 16.3. The molecule has 0 aliphatic rings. The molecule has 80 heavy (non-hydrogen) atoms. The SMILES string of the molecule is [C-]#[N+]c1c(-n2c3ccc(C)cc3c3cc(C)ccc32)c(C#N)c(-n2c3ccccc3c3ccc4c5ccccc5oc4c32)c(-n2c3ccc(C)cc3c3cc(C)ccc32)c1-n1c2ccccc2c2ccc3c4ccccc4oc3c21. The van der Waals surface area contributed by atoms with Gasteiger partial charge in [-0.3, -0.25) is 0 Å². The van der Waals surface area contributed by atoms with Crippen molar-refractivity contribution in [2.75, 3.05) is 0 Å². The van der Waals surface area contributed by atoms with Gasteiger partial charge < -0.3 is 27.1 Å². The average Bonchev–Trinajstić information content (AvgIpc) is 3.23. The van der Waals surface area contributed by atoms with Crippen LogP contribution in [0.4, 0.5) is 5.69 Å². The van der Waals surface area contributed by atoms with E-state index in [1.54, 1.807) is 0 Å². The van der Waals surface area contributed by atoms with Crippen LogP contribution in [0.3, 0.4) is 0 Å². The smallest absolute Gasteiger partial charge is 0.237 e. The fraction of sp³-hybridized carbons (Fsp3) is 0.0556. The molecular formula is C72H44N6O2. The first-order chi connectivity index (χ1) is 39.3. The molecule has 0 fully saturated rings. The minimum Gasteiger partial charge on any atom is -0.454 e. The maximum absolute atomic E-state index is 12.8. The van der Waals surface area contributed by atoms with Gasteiger partial charge in [-0.05, 0) is 113 Å². The van der Waals surface area contributed by atoms with Crippen LogP contribution in [0.1, 0.15) is 27.8 Å². The number of nitrogens with zero attached hydrogens (tertiary/aromatic N) is 6. The highest BCUT2D eigenvalue weighted by Gasteiger charge is 2.36. The third-order valence-corrected chi connectivity index (χ3v) is 17.0. The third-order valence-electron chi connectivity index (χ3n) is 17.0. The van der Waals surface area contributed by atoms with Crippen LogP contribution in [0, 0.1) is 45.6 Å². The van der Waals surface area contributed by atoms with Gasteiger partial charge in [0, 0.05) is 64.6 Å². The van der Waals surface area contributed by atoms with Crippen LogP contribution in [0.25, 0.3) is 159 Å². The van der Waals surface area contributed by atoms with Gasteiger partial charge in [-0.15, -0.1) is 0 Å². The van der Waals surface area contributed by atoms with E-state index >= 15 is 0 Å². The predicted octanol–water partition coefficient (Wildman–Crippen LogP) is 19.5. The highest BCUT2D eigenvalue weighted by molar-refractivity contribution is 6.25. The molecule has 8 nitrogen and oxygen atoms in total. The van der Waals surface area contributed by atoms with E-state index in [4.69, 9.17) is 13.7 Å². The lowest BCUT2D eigenvalue weighted by molar-refractivity contribution is 0.671. The molecule has 6 aromatic heterocycles. The standard InChI is InChI=1S/C72H44N6O2/c1-39-22-30-58-51(34-39)52-35-40(2)23-31-59(52)75(58)65-55(38-73)66(77-56-18-10-6-14-43(56)47-26-28-49-45-16-8-12-20-62(45)79-71(49)67(47)77)70(76-60-32-24-41(3)36-53(60)54-37-42(4)25-33-61(54)76)69(64(65)74-5)78-57-19-11-7-15-44(57)48-27-29-50-46-17-9-13-21-63(46)80-72(50)68(48)78/h6-37H,1-4H3. The highest BCUT2D eigenvalue weighted by Crippen LogP contribution is 2.53. The largest absolute Gasteiger partial charge is 0.454 e. The Kier molecular flexibility index (Phi) is 8.81. The van der Waals surface area contributed by atoms with Crippen LogP contribution in [0.5, 0.6) is 0 Å². The van der Waals surface area contributed by atoms with Crippen molar-refractivity contribution in [1.29, 1.82) is 5.26 Å². The van der Waals surface area contributed by atoms with Gasteiger partial charge in [0.25, 0.3) is 0 Å². The van der Waals surface area contributed by atoms with Gasteiger partial charge >= 0.3 is 0 Å². The number of benzene rings is 11. The summed E-state index contributed by atoms with van der Waals surface area (Å²) in [5, 5.41) is 24.8. The molecular weight excluding hydrogens is 981 g/mol. The third kappa shape index (κ3) is 5.71. The summed E-state index contributed by atoms with van der Waals surface area (Å²) in [5.74, 6) is 0. The van der Waals surface area contributed by atoms with Gasteiger partial charge in [0.15, 0.2) is 11.2 Å². The quantitative estimate of drug-likeness (QED) is 0.165. The lowest BCUT2D eigenvalue weighted by Crippen LogP contribution is -2.14. The van der Waals surface area contributed by atoms with Crippen LogP contribution >= 0.6 is 0 Å². The molecule has 6 heterocycles. The average molecular weight is 1030 g/mol. The van der Waals surface area contributed by atoms with E-state index in [1.807, 2.05) is 24.3 Å². The molecule has 0 saturated carbocycles. The summed E-state index contributed by atoms with van der Waals surface area (Å²) in [7, 11) is 0. The molecule has 0 N–H and O–H groups in total. The zero-order chi connectivity index (χ0) is 53.4. The number of hydrogen-bond donors (Lipinski definition) is 0. The Bertz CT molecular complexity index is 5410. The zero-order valence-electron chi connectivity index (χ0n) is 44.0. The first kappa shape index (κ1) is 44.3. The van der Waals surface area contributed by atoms with Gasteiger partial charge in [-0.25, -0.2) is 4.85 Å². The molecule has 0 bridgehead atoms. The monoisotopic (exact) mass is 1020 g/mol. The zero-order valence-corrected chi connectivity index (χ0v) is 44.0. The van der Waals surface area contributed by atoms with E-state index < -0.39 is 0 Å². The number of furan rings is 2. The van der Waals surface area contributed by atoms with Crippen LogP contribution in [-0.2, 0) is 0 Å². The maximum Gasteiger partial charge on any atom is 0.237 e. The minimum absolute atomic E-state index is 0.305. The summed E-state index contributed by atoms with van der Waals surface area (Å²) in [6.45, 7) is 18.5. The van der Waals surface area contributed by atoms with Gasteiger partial charge in [0.05, 0.1) is 79.0 Å². The number of fused-ring (bicyclic) bond motifs is 20. The van der Waals surface area contributed by atoms with E-state index in [1.165, 1.54) is 0 Å². The Morgan fingerprint density at radius 2 is 0.713 bits per heavy atom. The van der Waals surface area contributed by atoms with Gasteiger partial charge in [-0.2, -0.15) is 5.26 Å². The van der Waals surface area contributed by atoms with Crippen molar-refractivity contribution in [2.24, 2.45) is 0 Å². The van der Waals surface area contributed by atoms with Crippen LogP contribution < -0.4 is 0 Å². The number of nitriles is 1. The molecule has 374 valence electrons. The predicted molar refractivity (Wildman–Crippen MR) is 328 cm³/mol. The Labute approximate surface area is 456 Å². The molecule has 0 saturated heterocycles. The first-order valence-corrected chi connectivity index (χ1v) is 27.0. The molecule has 0 aliphatic carbocycles. The molecule has 17 rings (SSSR count). The van der Waals surface area contributed by atoms with E-state index in [0.29, 0.717) is 45.2 Å². The number of rotatable bonds is 4. The van der Waals surface area contributed by atoms with Gasteiger partial charge in [0.1, 0.15) is 17.2 Å². The van der Waals surface area contributed by atoms with Crippen molar-refractivity contribution < 1.29 is 8.83 Å². The van der Waals surface area contributed by atoms with Gasteiger partial charge in [-0.1, -0.05) is 131 Å². The molecule has 0 radical (unpaired) electrons. The Morgan fingerprint density at radius 3 is 1.14 bits per heavy atom. The first-order valence-electron chi connectivity index (χ1n) is 27.0. The normalized spacial score (nSPS) is 12.2. The topological polar surface area (TPSA) is 74.2 Å². The molecule has 0 spiro atoms. The fourth-order valence-electron chi connectivity index (χ4n) is 13.7. The van der Waals surface area contributed by atoms with Crippen molar-refractivity contribution >= 4 is 137 Å². The molecule has 0 unspecified atom stereocenters. The van der Waals surface area contributed by atoms with E-state index in [9.17, 15) is 11.8 Å². The number of para-hydroxylation sites is 4. The van der Waals surface area contributed by atoms with E-state index in [2.05, 4.69) is 222 Å². The Morgan fingerprint density at radius 1 is 0.350 bits per heavy atom. The summed E-state index contributed by atoms with van der Waals surface area (Å²) in [6, 6.07) is 71.3. The van der Waals surface area contributed by atoms with Crippen molar-refractivity contribution in [3.05, 3.63) is 233 Å². The van der Waals surface area contributed by atoms with E-state index in [0.717, 1.165) is 142 Å². The summed E-state index contributed by atoms with van der Waals surface area (Å²) < 4.78 is 23.4. The fourth-order valence-corrected chi connectivity index (χ4v) is 13.7. The summed E-state index contributed by atoms with van der Waals surface area (Å²) in [6.07, 6.45) is 0. The summed E-state index contributed by atoms with van der Waals surface area (Å²) in [5.41, 5.74) is 17.4. The molecule has 17 aromatic rings. The number of aromatic nitrogens is 4.